The molecule has 1 saturated heterocycles. The first-order chi connectivity index (χ1) is 34.6. The number of aliphatic hydroxyl groups excluding tert-OH is 2. The van der Waals surface area contributed by atoms with E-state index in [1.165, 1.54) is 308 Å². The predicted octanol–water partition coefficient (Wildman–Crippen LogP) is 19.9. The van der Waals surface area contributed by atoms with Crippen LogP contribution < -0.4 is 0 Å². The third-order valence-corrected chi connectivity index (χ3v) is 15.8. The monoisotopic (exact) mass is 987 g/mol. The highest BCUT2D eigenvalue weighted by Crippen LogP contribution is 2.25. The molecule has 0 bridgehead atoms. The number of ether oxygens (including phenoxy) is 2. The zero-order chi connectivity index (χ0) is 50.4. The maximum atomic E-state index is 12.5. The van der Waals surface area contributed by atoms with E-state index in [-0.39, 0.29) is 19.6 Å². The van der Waals surface area contributed by atoms with Crippen LogP contribution in [0.15, 0.2) is 12.2 Å². The molecule has 70 heavy (non-hydrogen) atoms. The van der Waals surface area contributed by atoms with Crippen LogP contribution in [0.4, 0.5) is 0 Å². The Labute approximate surface area is 436 Å². The minimum atomic E-state index is -1.12. The molecule has 0 aromatic rings. The molecule has 0 aromatic heterocycles. The molecule has 1 aliphatic heterocycles. The number of unbranched alkanes of at least 4 members (excludes halogenated alkanes) is 49. The lowest BCUT2D eigenvalue weighted by Crippen LogP contribution is -2.40. The molecule has 1 atom stereocenters. The highest BCUT2D eigenvalue weighted by Gasteiger charge is 2.36. The van der Waals surface area contributed by atoms with Gasteiger partial charge in [-0.05, 0) is 25.7 Å². The Morgan fingerprint density at radius 3 is 0.886 bits per heavy atom. The van der Waals surface area contributed by atoms with Crippen molar-refractivity contribution in [1.29, 1.82) is 0 Å². The summed E-state index contributed by atoms with van der Waals surface area (Å²) in [5.41, 5.74) is -1.12. The van der Waals surface area contributed by atoms with Gasteiger partial charge in [0.1, 0.15) is 13.2 Å². The van der Waals surface area contributed by atoms with Gasteiger partial charge >= 0.3 is 11.9 Å². The molecule has 6 heteroatoms. The molecular formula is C64H122O6. The zero-order valence-electron chi connectivity index (χ0n) is 47.1. The molecule has 1 rings (SSSR count). The average molecular weight is 988 g/mol. The van der Waals surface area contributed by atoms with Gasteiger partial charge in [-0.15, -0.1) is 0 Å². The van der Waals surface area contributed by atoms with Gasteiger partial charge in [-0.3, -0.25) is 9.59 Å². The molecule has 6 nitrogen and oxygen atoms in total. The van der Waals surface area contributed by atoms with E-state index < -0.39 is 36.5 Å². The van der Waals surface area contributed by atoms with Crippen molar-refractivity contribution in [3.63, 3.8) is 0 Å². The highest BCUT2D eigenvalue weighted by molar-refractivity contribution is 5.80. The van der Waals surface area contributed by atoms with Crippen molar-refractivity contribution in [2.24, 2.45) is 11.3 Å². The van der Waals surface area contributed by atoms with E-state index in [0.717, 1.165) is 19.3 Å². The van der Waals surface area contributed by atoms with Gasteiger partial charge in [0.15, 0.2) is 0 Å². The molecule has 1 heterocycles. The minimum Gasteiger partial charge on any atom is -0.465 e. The number of esters is 2. The van der Waals surface area contributed by atoms with Gasteiger partial charge in [-0.2, -0.15) is 0 Å². The Hall–Kier alpha value is -1.40. The molecule has 1 aliphatic rings. The van der Waals surface area contributed by atoms with E-state index in [4.69, 9.17) is 9.47 Å². The van der Waals surface area contributed by atoms with E-state index in [0.29, 0.717) is 6.42 Å². The molecule has 0 spiro atoms. The first-order valence-electron chi connectivity index (χ1n) is 31.8. The fraction of sp³-hybridized carbons (Fsp3) is 0.938. The fourth-order valence-electron chi connectivity index (χ4n) is 10.6. The normalized spacial score (nSPS) is 15.3. The Kier molecular flexibility index (Phi) is 51.3. The van der Waals surface area contributed by atoms with Crippen molar-refractivity contribution < 1.29 is 29.3 Å². The smallest absolute Gasteiger partial charge is 0.309 e. The minimum absolute atomic E-state index is 0.00522. The van der Waals surface area contributed by atoms with Gasteiger partial charge in [0.2, 0.25) is 0 Å². The maximum Gasteiger partial charge on any atom is 0.309 e. The summed E-state index contributed by atoms with van der Waals surface area (Å²) < 4.78 is 10.6. The van der Waals surface area contributed by atoms with E-state index >= 15 is 0 Å². The number of rotatable bonds is 55. The molecule has 0 amide bonds. The van der Waals surface area contributed by atoms with Gasteiger partial charge in [-0.25, -0.2) is 0 Å². The second-order valence-corrected chi connectivity index (χ2v) is 22.8. The van der Waals surface area contributed by atoms with Crippen LogP contribution >= 0.6 is 0 Å². The molecule has 0 radical (unpaired) electrons. The SMILES string of the molecule is CCC/C=C/CCCCCCCCCCCCCCCCCCCCCCCCCCCCCCCCCCCCCCCCCCCCCCCCCCC1CC(=O)OCC(CO)(CO)COC1=O. The Balaban J connectivity index is 1.67. The summed E-state index contributed by atoms with van der Waals surface area (Å²) >= 11 is 0. The Morgan fingerprint density at radius 1 is 0.371 bits per heavy atom. The number of aliphatic hydroxyl groups is 2. The second kappa shape index (κ2) is 53.9. The van der Waals surface area contributed by atoms with E-state index in [9.17, 15) is 19.8 Å². The number of hydrogen-bond donors (Lipinski definition) is 2. The number of cyclic esters (lactones) is 2. The molecule has 0 saturated carbocycles. The van der Waals surface area contributed by atoms with Crippen molar-refractivity contribution in [2.75, 3.05) is 26.4 Å². The lowest BCUT2D eigenvalue weighted by Gasteiger charge is -2.27. The molecule has 1 unspecified atom stereocenters. The molecule has 1 fully saturated rings. The van der Waals surface area contributed by atoms with Crippen molar-refractivity contribution in [2.45, 2.75) is 347 Å². The molecule has 414 valence electrons. The lowest BCUT2D eigenvalue weighted by atomic mass is 9.92. The summed E-state index contributed by atoms with van der Waals surface area (Å²) in [4.78, 5) is 24.7. The van der Waals surface area contributed by atoms with Crippen LogP contribution in [0.2, 0.25) is 0 Å². The van der Waals surface area contributed by atoms with Crippen LogP contribution in [0.3, 0.4) is 0 Å². The number of allylic oxidation sites excluding steroid dienone is 2. The van der Waals surface area contributed by atoms with Gasteiger partial charge in [0.05, 0.1) is 31.0 Å². The van der Waals surface area contributed by atoms with Crippen LogP contribution in [0.1, 0.15) is 347 Å². The Morgan fingerprint density at radius 2 is 0.614 bits per heavy atom. The largest absolute Gasteiger partial charge is 0.465 e. The van der Waals surface area contributed by atoms with E-state index in [1.807, 2.05) is 0 Å². The summed E-state index contributed by atoms with van der Waals surface area (Å²) in [7, 11) is 0. The second-order valence-electron chi connectivity index (χ2n) is 22.8. The van der Waals surface area contributed by atoms with Crippen LogP contribution in [0.25, 0.3) is 0 Å². The average Bonchev–Trinajstić information content (AvgIpc) is 3.43. The van der Waals surface area contributed by atoms with E-state index in [2.05, 4.69) is 19.1 Å². The number of carbonyl (C=O) groups excluding carboxylic acids is 2. The molecule has 0 aliphatic carbocycles. The fourth-order valence-corrected chi connectivity index (χ4v) is 10.6. The van der Waals surface area contributed by atoms with Crippen molar-refractivity contribution in [3.8, 4) is 0 Å². The lowest BCUT2D eigenvalue weighted by molar-refractivity contribution is -0.155. The van der Waals surface area contributed by atoms with Crippen LogP contribution in [0.5, 0.6) is 0 Å². The molecule has 2 N–H and O–H groups in total. The van der Waals surface area contributed by atoms with Crippen molar-refractivity contribution in [3.05, 3.63) is 12.2 Å². The standard InChI is InChI=1S/C64H122O6/c1-2-3-4-5-6-7-8-9-10-11-12-13-14-15-16-17-18-19-20-21-22-23-24-25-26-27-28-29-30-31-32-33-34-35-36-37-38-39-40-41-42-43-44-45-46-47-48-49-50-51-52-53-54-55-61-56-62(67)69-59-64(57-65,58-66)60-70-63(61)68/h4-5,61,65-66H,2-3,6-60H2,1H3/b5-4+. The summed E-state index contributed by atoms with van der Waals surface area (Å²) in [5, 5.41) is 19.2. The van der Waals surface area contributed by atoms with Crippen LogP contribution in [-0.4, -0.2) is 48.6 Å². The third kappa shape index (κ3) is 45.2. The third-order valence-electron chi connectivity index (χ3n) is 15.8. The molecule has 0 aromatic carbocycles. The Bertz CT molecular complexity index is 1100. The topological polar surface area (TPSA) is 93.1 Å². The predicted molar refractivity (Wildman–Crippen MR) is 302 cm³/mol. The number of hydrogen-bond acceptors (Lipinski definition) is 6. The zero-order valence-corrected chi connectivity index (χ0v) is 47.1. The maximum absolute atomic E-state index is 12.5. The first-order valence-corrected chi connectivity index (χ1v) is 31.8. The van der Waals surface area contributed by atoms with Gasteiger partial charge < -0.3 is 19.7 Å². The van der Waals surface area contributed by atoms with Crippen LogP contribution in [0, 0.1) is 11.3 Å². The van der Waals surface area contributed by atoms with Crippen molar-refractivity contribution in [1.82, 2.24) is 0 Å². The summed E-state index contributed by atoms with van der Waals surface area (Å²) in [6, 6.07) is 0. The van der Waals surface area contributed by atoms with Crippen molar-refractivity contribution >= 4 is 11.9 Å². The van der Waals surface area contributed by atoms with Gasteiger partial charge in [0, 0.05) is 0 Å². The molecular weight excluding hydrogens is 865 g/mol. The summed E-state index contributed by atoms with van der Waals surface area (Å²) in [5.74, 6) is -1.40. The highest BCUT2D eigenvalue weighted by atomic mass is 16.6. The van der Waals surface area contributed by atoms with Crippen LogP contribution in [-0.2, 0) is 19.1 Å². The summed E-state index contributed by atoms with van der Waals surface area (Å²) in [6.07, 6.45) is 77.2. The number of carbonyl (C=O) groups is 2. The summed E-state index contributed by atoms with van der Waals surface area (Å²) in [6.45, 7) is 1.16. The van der Waals surface area contributed by atoms with Gasteiger partial charge in [0.25, 0.3) is 0 Å². The van der Waals surface area contributed by atoms with Gasteiger partial charge in [-0.1, -0.05) is 327 Å². The quantitative estimate of drug-likeness (QED) is 0.0358. The van der Waals surface area contributed by atoms with E-state index in [1.54, 1.807) is 0 Å². The first kappa shape index (κ1) is 66.6.